The van der Waals surface area contributed by atoms with E-state index in [1.807, 2.05) is 36.5 Å². The van der Waals surface area contributed by atoms with E-state index in [4.69, 9.17) is 14.2 Å². The number of hydrogen-bond acceptors (Lipinski definition) is 6. The Kier molecular flexibility index (Phi) is 51.9. The third kappa shape index (κ3) is 53.2. The van der Waals surface area contributed by atoms with Crippen molar-refractivity contribution < 1.29 is 28.6 Å². The van der Waals surface area contributed by atoms with Crippen molar-refractivity contribution in [3.05, 3.63) is 97.2 Å². The number of esters is 3. The van der Waals surface area contributed by atoms with E-state index in [0.29, 0.717) is 19.3 Å². The molecule has 0 aromatic rings. The Balaban J connectivity index is 4.47. The van der Waals surface area contributed by atoms with Crippen LogP contribution in [-0.2, 0) is 28.6 Å². The van der Waals surface area contributed by atoms with Crippen LogP contribution in [0.25, 0.3) is 0 Å². The van der Waals surface area contributed by atoms with Gasteiger partial charge in [0.1, 0.15) is 13.2 Å². The first-order valence-corrected chi connectivity index (χ1v) is 27.8. The topological polar surface area (TPSA) is 78.9 Å². The number of ether oxygens (including phenoxy) is 3. The van der Waals surface area contributed by atoms with Crippen molar-refractivity contribution in [1.82, 2.24) is 0 Å². The van der Waals surface area contributed by atoms with E-state index >= 15 is 0 Å². The molecule has 0 aliphatic rings. The number of hydrogen-bond donors (Lipinski definition) is 0. The Labute approximate surface area is 413 Å². The largest absolute Gasteiger partial charge is 0.462 e. The summed E-state index contributed by atoms with van der Waals surface area (Å²) in [7, 11) is 0. The third-order valence-corrected chi connectivity index (χ3v) is 11.7. The average molecular weight is 931 g/mol. The zero-order valence-electron chi connectivity index (χ0n) is 43.6. The van der Waals surface area contributed by atoms with Gasteiger partial charge in [0.25, 0.3) is 0 Å². The Morgan fingerprint density at radius 3 is 1.12 bits per heavy atom. The van der Waals surface area contributed by atoms with Gasteiger partial charge in [0, 0.05) is 19.3 Å². The lowest BCUT2D eigenvalue weighted by atomic mass is 10.0. The molecule has 1 atom stereocenters. The Bertz CT molecular complexity index is 1350. The molecule has 6 heteroatoms. The number of carbonyl (C=O) groups is 3. The molecule has 0 N–H and O–H groups in total. The van der Waals surface area contributed by atoms with Gasteiger partial charge in [-0.05, 0) is 77.0 Å². The molecule has 0 rings (SSSR count). The zero-order valence-corrected chi connectivity index (χ0v) is 43.6. The minimum Gasteiger partial charge on any atom is -0.462 e. The van der Waals surface area contributed by atoms with Crippen molar-refractivity contribution in [3.63, 3.8) is 0 Å². The van der Waals surface area contributed by atoms with Crippen LogP contribution < -0.4 is 0 Å². The van der Waals surface area contributed by atoms with Crippen molar-refractivity contribution in [1.29, 1.82) is 0 Å². The second-order valence-electron chi connectivity index (χ2n) is 18.2. The molecule has 0 saturated carbocycles. The van der Waals surface area contributed by atoms with Gasteiger partial charge in [0.2, 0.25) is 0 Å². The molecule has 0 aromatic heterocycles. The first-order valence-electron chi connectivity index (χ1n) is 27.8. The molecule has 0 aromatic carbocycles. The predicted octanol–water partition coefficient (Wildman–Crippen LogP) is 18.5. The SMILES string of the molecule is CC\C=C/C=C\C=C/C=C\CCCCCC(=O)OCC(COC(=O)CCCCCCCCCCCCCCCCCCCCC)OC(=O)CCC/C=C\C/C=C\C/C=C\C/C=C\CCCCC. The van der Waals surface area contributed by atoms with Crippen LogP contribution in [-0.4, -0.2) is 37.2 Å². The van der Waals surface area contributed by atoms with Crippen molar-refractivity contribution in [3.8, 4) is 0 Å². The lowest BCUT2D eigenvalue weighted by molar-refractivity contribution is -0.167. The quantitative estimate of drug-likeness (QED) is 0.0199. The van der Waals surface area contributed by atoms with Crippen molar-refractivity contribution in [2.45, 2.75) is 258 Å². The van der Waals surface area contributed by atoms with E-state index < -0.39 is 6.10 Å². The van der Waals surface area contributed by atoms with Crippen LogP contribution in [0.4, 0.5) is 0 Å². The van der Waals surface area contributed by atoms with E-state index in [1.54, 1.807) is 0 Å². The maximum absolute atomic E-state index is 12.8. The Morgan fingerprint density at radius 1 is 0.328 bits per heavy atom. The molecule has 0 radical (unpaired) electrons. The highest BCUT2D eigenvalue weighted by Gasteiger charge is 2.19. The molecule has 0 spiro atoms. The standard InChI is InChI=1S/C61H102O6/c1-4-7-10-13-16-19-22-25-27-29-30-32-33-36-39-42-45-48-51-54-60(63)66-57-58(56-65-59(62)53-50-47-44-41-38-35-24-21-18-15-12-9-6-3)67-61(64)55-52-49-46-43-40-37-34-31-28-26-23-20-17-14-11-8-5-2/h9,12,15,17-18,20-21,24,26,28,34-35,37-38,43,46,58H,4-8,10-11,13-14,16,19,22-23,25,27,29-33,36,39-42,44-45,47-57H2,1-3H3/b12-9-,18-15-,20-17-,24-21-,28-26-,37-34-,38-35-,46-43-. The summed E-state index contributed by atoms with van der Waals surface area (Å²) in [6, 6.07) is 0. The first-order chi connectivity index (χ1) is 33.0. The summed E-state index contributed by atoms with van der Waals surface area (Å²) in [6.07, 6.45) is 72.6. The fourth-order valence-electron chi connectivity index (χ4n) is 7.50. The number of allylic oxidation sites excluding steroid dienone is 16. The molecule has 6 nitrogen and oxygen atoms in total. The maximum Gasteiger partial charge on any atom is 0.306 e. The molecule has 0 heterocycles. The smallest absolute Gasteiger partial charge is 0.306 e. The van der Waals surface area contributed by atoms with Gasteiger partial charge in [-0.3, -0.25) is 14.4 Å². The van der Waals surface area contributed by atoms with Gasteiger partial charge < -0.3 is 14.2 Å². The van der Waals surface area contributed by atoms with Crippen LogP contribution in [0.3, 0.4) is 0 Å². The van der Waals surface area contributed by atoms with Crippen molar-refractivity contribution >= 4 is 17.9 Å². The number of carbonyl (C=O) groups excluding carboxylic acids is 3. The monoisotopic (exact) mass is 931 g/mol. The van der Waals surface area contributed by atoms with Gasteiger partial charge in [-0.15, -0.1) is 0 Å². The highest BCUT2D eigenvalue weighted by Crippen LogP contribution is 2.16. The molecule has 0 bridgehead atoms. The van der Waals surface area contributed by atoms with Crippen LogP contribution in [0.15, 0.2) is 97.2 Å². The van der Waals surface area contributed by atoms with Gasteiger partial charge >= 0.3 is 17.9 Å². The van der Waals surface area contributed by atoms with E-state index in [-0.39, 0.29) is 37.5 Å². The molecular weight excluding hydrogens is 829 g/mol. The average Bonchev–Trinajstić information content (AvgIpc) is 3.33. The van der Waals surface area contributed by atoms with Gasteiger partial charge in [0.15, 0.2) is 6.10 Å². The van der Waals surface area contributed by atoms with Gasteiger partial charge in [0.05, 0.1) is 0 Å². The summed E-state index contributed by atoms with van der Waals surface area (Å²) in [5.74, 6) is -1.01. The van der Waals surface area contributed by atoms with E-state index in [9.17, 15) is 14.4 Å². The van der Waals surface area contributed by atoms with Crippen LogP contribution >= 0.6 is 0 Å². The molecule has 67 heavy (non-hydrogen) atoms. The Hall–Kier alpha value is -3.67. The molecule has 382 valence electrons. The van der Waals surface area contributed by atoms with Crippen molar-refractivity contribution in [2.75, 3.05) is 13.2 Å². The molecule has 0 aliphatic heterocycles. The molecule has 0 fully saturated rings. The lowest BCUT2D eigenvalue weighted by Crippen LogP contribution is -2.30. The second-order valence-corrected chi connectivity index (χ2v) is 18.2. The summed E-state index contributed by atoms with van der Waals surface area (Å²) in [4.78, 5) is 38.0. The van der Waals surface area contributed by atoms with E-state index in [0.717, 1.165) is 77.0 Å². The van der Waals surface area contributed by atoms with Crippen LogP contribution in [0.2, 0.25) is 0 Å². The fraction of sp³-hybridized carbons (Fsp3) is 0.689. The van der Waals surface area contributed by atoms with Gasteiger partial charge in [-0.1, -0.05) is 253 Å². The van der Waals surface area contributed by atoms with E-state index in [1.165, 1.54) is 128 Å². The van der Waals surface area contributed by atoms with Gasteiger partial charge in [-0.25, -0.2) is 0 Å². The second kappa shape index (κ2) is 54.9. The van der Waals surface area contributed by atoms with Crippen LogP contribution in [0.5, 0.6) is 0 Å². The summed E-state index contributed by atoms with van der Waals surface area (Å²) in [6.45, 7) is 6.40. The Morgan fingerprint density at radius 2 is 0.657 bits per heavy atom. The van der Waals surface area contributed by atoms with Gasteiger partial charge in [-0.2, -0.15) is 0 Å². The fourth-order valence-corrected chi connectivity index (χ4v) is 7.50. The first kappa shape index (κ1) is 63.3. The third-order valence-electron chi connectivity index (χ3n) is 11.7. The summed E-state index contributed by atoms with van der Waals surface area (Å²) in [5, 5.41) is 0. The van der Waals surface area contributed by atoms with Crippen LogP contribution in [0, 0.1) is 0 Å². The summed E-state index contributed by atoms with van der Waals surface area (Å²) in [5.41, 5.74) is 0. The predicted molar refractivity (Wildman–Crippen MR) is 288 cm³/mol. The number of unbranched alkanes of at least 4 members (excludes halogenated alkanes) is 25. The minimum absolute atomic E-state index is 0.111. The van der Waals surface area contributed by atoms with E-state index in [2.05, 4.69) is 81.5 Å². The highest BCUT2D eigenvalue weighted by atomic mass is 16.6. The normalized spacial score (nSPS) is 12.8. The molecule has 0 saturated heterocycles. The lowest BCUT2D eigenvalue weighted by Gasteiger charge is -2.18. The summed E-state index contributed by atoms with van der Waals surface area (Å²) >= 11 is 0. The molecule has 1 unspecified atom stereocenters. The van der Waals surface area contributed by atoms with Crippen LogP contribution in [0.1, 0.15) is 252 Å². The minimum atomic E-state index is -0.822. The highest BCUT2D eigenvalue weighted by molar-refractivity contribution is 5.71. The number of rotatable bonds is 49. The molecule has 0 aliphatic carbocycles. The van der Waals surface area contributed by atoms with Crippen molar-refractivity contribution in [2.24, 2.45) is 0 Å². The summed E-state index contributed by atoms with van der Waals surface area (Å²) < 4.78 is 16.8. The molecule has 0 amide bonds. The zero-order chi connectivity index (χ0) is 48.6. The maximum atomic E-state index is 12.8. The molecular formula is C61H102O6.